The maximum atomic E-state index is 5.73. The summed E-state index contributed by atoms with van der Waals surface area (Å²) < 4.78 is 4.85. The van der Waals surface area contributed by atoms with Crippen molar-refractivity contribution >= 4 is 12.2 Å². The smallest absolute Gasteiger partial charge is 0.199 e. The van der Waals surface area contributed by atoms with E-state index >= 15 is 0 Å². The molecule has 1 unspecified atom stereocenters. The highest BCUT2D eigenvalue weighted by atomic mass is 32.1. The standard InChI is InChI=1S/C20H23N5S/c1-16-22-25(20(26)24(16)14-17-7-3-2-4-8-17)15-23-12-6-10-19(23)18-9-5-11-21-13-18/h2-5,7-9,11,13,19H,6,10,12,14-15H2,1H3. The van der Waals surface area contributed by atoms with E-state index in [1.165, 1.54) is 17.5 Å². The number of hydrogen-bond acceptors (Lipinski definition) is 4. The molecule has 0 radical (unpaired) electrons. The van der Waals surface area contributed by atoms with E-state index in [1.54, 1.807) is 0 Å². The van der Waals surface area contributed by atoms with Gasteiger partial charge in [0, 0.05) is 25.0 Å². The lowest BCUT2D eigenvalue weighted by Gasteiger charge is -2.24. The molecule has 0 saturated carbocycles. The first-order chi connectivity index (χ1) is 12.7. The van der Waals surface area contributed by atoms with Gasteiger partial charge in [0.05, 0.1) is 13.2 Å². The topological polar surface area (TPSA) is 38.9 Å². The van der Waals surface area contributed by atoms with Gasteiger partial charge < -0.3 is 0 Å². The summed E-state index contributed by atoms with van der Waals surface area (Å²) in [5.41, 5.74) is 2.51. The summed E-state index contributed by atoms with van der Waals surface area (Å²) in [4.78, 5) is 6.73. The lowest BCUT2D eigenvalue weighted by Crippen LogP contribution is -2.27. The minimum Gasteiger partial charge on any atom is -0.300 e. The van der Waals surface area contributed by atoms with Crippen molar-refractivity contribution in [1.82, 2.24) is 24.2 Å². The first-order valence-electron chi connectivity index (χ1n) is 9.04. The Morgan fingerprint density at radius 2 is 2.00 bits per heavy atom. The predicted octanol–water partition coefficient (Wildman–Crippen LogP) is 3.96. The third-order valence-electron chi connectivity index (χ3n) is 5.04. The molecule has 26 heavy (non-hydrogen) atoms. The molecule has 3 aromatic rings. The van der Waals surface area contributed by atoms with Crippen LogP contribution in [0.15, 0.2) is 54.9 Å². The number of hydrogen-bond donors (Lipinski definition) is 0. The number of rotatable bonds is 5. The van der Waals surface area contributed by atoms with E-state index in [-0.39, 0.29) is 0 Å². The van der Waals surface area contributed by atoms with E-state index in [2.05, 4.69) is 44.8 Å². The van der Waals surface area contributed by atoms with Crippen LogP contribution in [0.5, 0.6) is 0 Å². The van der Waals surface area contributed by atoms with Crippen LogP contribution in [0.3, 0.4) is 0 Å². The first kappa shape index (κ1) is 17.1. The van der Waals surface area contributed by atoms with E-state index in [1.807, 2.05) is 36.1 Å². The van der Waals surface area contributed by atoms with Crippen molar-refractivity contribution in [3.63, 3.8) is 0 Å². The van der Waals surface area contributed by atoms with E-state index < -0.39 is 0 Å². The molecule has 1 atom stereocenters. The zero-order chi connectivity index (χ0) is 17.9. The number of aryl methyl sites for hydroxylation is 1. The Morgan fingerprint density at radius 1 is 1.15 bits per heavy atom. The molecular formula is C20H23N5S. The van der Waals surface area contributed by atoms with Gasteiger partial charge in [-0.2, -0.15) is 5.10 Å². The van der Waals surface area contributed by atoms with Gasteiger partial charge in [0.15, 0.2) is 4.77 Å². The monoisotopic (exact) mass is 365 g/mol. The van der Waals surface area contributed by atoms with Crippen LogP contribution in [0.1, 0.15) is 35.8 Å². The molecule has 2 aromatic heterocycles. The molecule has 0 spiro atoms. The molecule has 4 rings (SSSR count). The summed E-state index contributed by atoms with van der Waals surface area (Å²) >= 11 is 5.73. The molecule has 134 valence electrons. The van der Waals surface area contributed by atoms with E-state index in [0.717, 1.165) is 36.8 Å². The van der Waals surface area contributed by atoms with Gasteiger partial charge in [-0.05, 0) is 49.2 Å². The quantitative estimate of drug-likeness (QED) is 0.642. The van der Waals surface area contributed by atoms with Gasteiger partial charge in [0.1, 0.15) is 5.82 Å². The van der Waals surface area contributed by atoms with Crippen molar-refractivity contribution in [2.45, 2.75) is 39.0 Å². The zero-order valence-electron chi connectivity index (χ0n) is 15.0. The third-order valence-corrected chi connectivity index (χ3v) is 5.47. The van der Waals surface area contributed by atoms with Gasteiger partial charge >= 0.3 is 0 Å². The summed E-state index contributed by atoms with van der Waals surface area (Å²) in [6, 6.07) is 15.0. The summed E-state index contributed by atoms with van der Waals surface area (Å²) in [5, 5.41) is 4.72. The van der Waals surface area contributed by atoms with Gasteiger partial charge in [0.25, 0.3) is 0 Å². The van der Waals surface area contributed by atoms with Crippen LogP contribution in [0.4, 0.5) is 0 Å². The predicted molar refractivity (Wildman–Crippen MR) is 104 cm³/mol. The van der Waals surface area contributed by atoms with Gasteiger partial charge in [-0.15, -0.1) is 0 Å². The molecule has 3 heterocycles. The van der Waals surface area contributed by atoms with Crippen molar-refractivity contribution in [2.24, 2.45) is 0 Å². The second-order valence-corrected chi connectivity index (χ2v) is 7.16. The van der Waals surface area contributed by atoms with Crippen LogP contribution in [0.25, 0.3) is 0 Å². The molecule has 1 saturated heterocycles. The Bertz CT molecular complexity index is 916. The normalized spacial score (nSPS) is 17.7. The van der Waals surface area contributed by atoms with Crippen LogP contribution in [-0.4, -0.2) is 30.8 Å². The first-order valence-corrected chi connectivity index (χ1v) is 9.45. The molecule has 0 N–H and O–H groups in total. The summed E-state index contributed by atoms with van der Waals surface area (Å²) in [5.74, 6) is 0.955. The Labute approximate surface area is 158 Å². The summed E-state index contributed by atoms with van der Waals surface area (Å²) in [6.45, 7) is 4.57. The second kappa shape index (κ2) is 7.51. The number of benzene rings is 1. The molecule has 5 nitrogen and oxygen atoms in total. The molecule has 0 aliphatic carbocycles. The second-order valence-electron chi connectivity index (χ2n) is 6.80. The van der Waals surface area contributed by atoms with Crippen LogP contribution < -0.4 is 0 Å². The van der Waals surface area contributed by atoms with Crippen molar-refractivity contribution < 1.29 is 0 Å². The fourth-order valence-corrected chi connectivity index (χ4v) is 4.00. The number of likely N-dealkylation sites (tertiary alicyclic amines) is 1. The Morgan fingerprint density at radius 3 is 2.77 bits per heavy atom. The van der Waals surface area contributed by atoms with E-state index in [0.29, 0.717) is 6.04 Å². The van der Waals surface area contributed by atoms with Crippen molar-refractivity contribution in [3.8, 4) is 0 Å². The average molecular weight is 366 g/mol. The number of aromatic nitrogens is 4. The zero-order valence-corrected chi connectivity index (χ0v) is 15.8. The van der Waals surface area contributed by atoms with Crippen molar-refractivity contribution in [1.29, 1.82) is 0 Å². The van der Waals surface area contributed by atoms with E-state index in [4.69, 9.17) is 17.3 Å². The SMILES string of the molecule is Cc1nn(CN2CCCC2c2cccnc2)c(=S)n1Cc1ccccc1. The molecule has 1 aliphatic heterocycles. The molecule has 1 fully saturated rings. The van der Waals surface area contributed by atoms with Gasteiger partial charge in [0.2, 0.25) is 0 Å². The Balaban J connectivity index is 1.55. The minimum absolute atomic E-state index is 0.394. The maximum Gasteiger partial charge on any atom is 0.199 e. The molecule has 0 bridgehead atoms. The fourth-order valence-electron chi connectivity index (χ4n) is 3.71. The summed E-state index contributed by atoms with van der Waals surface area (Å²) in [6.07, 6.45) is 6.15. The number of nitrogens with zero attached hydrogens (tertiary/aromatic N) is 5. The molecule has 0 amide bonds. The highest BCUT2D eigenvalue weighted by molar-refractivity contribution is 7.71. The average Bonchev–Trinajstić information content (AvgIpc) is 3.24. The summed E-state index contributed by atoms with van der Waals surface area (Å²) in [7, 11) is 0. The molecule has 6 heteroatoms. The van der Waals surface area contributed by atoms with Crippen LogP contribution in [-0.2, 0) is 13.2 Å². The molecule has 1 aliphatic rings. The van der Waals surface area contributed by atoms with Crippen molar-refractivity contribution in [2.75, 3.05) is 6.54 Å². The Kier molecular flexibility index (Phi) is 4.95. The molecule has 1 aromatic carbocycles. The lowest BCUT2D eigenvalue weighted by atomic mass is 10.1. The van der Waals surface area contributed by atoms with E-state index in [9.17, 15) is 0 Å². The highest BCUT2D eigenvalue weighted by Crippen LogP contribution is 2.31. The largest absolute Gasteiger partial charge is 0.300 e. The minimum atomic E-state index is 0.394. The fraction of sp³-hybridized carbons (Fsp3) is 0.350. The lowest BCUT2D eigenvalue weighted by molar-refractivity contribution is 0.189. The van der Waals surface area contributed by atoms with Crippen LogP contribution in [0, 0.1) is 11.7 Å². The third kappa shape index (κ3) is 3.48. The van der Waals surface area contributed by atoms with Crippen LogP contribution >= 0.6 is 12.2 Å². The van der Waals surface area contributed by atoms with Gasteiger partial charge in [-0.1, -0.05) is 36.4 Å². The van der Waals surface area contributed by atoms with Crippen LogP contribution in [0.2, 0.25) is 0 Å². The Hall–Kier alpha value is -2.31. The highest BCUT2D eigenvalue weighted by Gasteiger charge is 2.27. The van der Waals surface area contributed by atoms with Gasteiger partial charge in [-0.25, -0.2) is 4.68 Å². The van der Waals surface area contributed by atoms with Gasteiger partial charge in [-0.3, -0.25) is 14.5 Å². The molecular weight excluding hydrogens is 342 g/mol. The maximum absolute atomic E-state index is 5.73. The number of pyridine rings is 1. The van der Waals surface area contributed by atoms with Crippen molar-refractivity contribution in [3.05, 3.63) is 76.6 Å².